The van der Waals surface area contributed by atoms with Gasteiger partial charge in [-0.05, 0) is 43.9 Å². The number of nitrogens with zero attached hydrogens (tertiary/aromatic N) is 3. The Morgan fingerprint density at radius 1 is 1.28 bits per heavy atom. The summed E-state index contributed by atoms with van der Waals surface area (Å²) < 4.78 is 5.19. The number of rotatable bonds is 8. The molecular weight excluding hydrogens is 332 g/mol. The molecule has 0 aliphatic rings. The van der Waals surface area contributed by atoms with E-state index in [-0.39, 0.29) is 0 Å². The fourth-order valence-electron chi connectivity index (χ4n) is 2.63. The van der Waals surface area contributed by atoms with Crippen LogP contribution in [0.3, 0.4) is 0 Å². The Bertz CT molecular complexity index is 666. The standard InChI is InChI=1S/C19H28N4OS/c1-15-22-17(14-25-15)13-23(3)19(20-2)21-12-6-5-7-16-8-10-18(24-4)11-9-16/h8-11,14H,5-7,12-13H2,1-4H3,(H,20,21). The first-order chi connectivity index (χ1) is 12.1. The second kappa shape index (κ2) is 10.0. The van der Waals surface area contributed by atoms with Gasteiger partial charge in [-0.3, -0.25) is 4.99 Å². The van der Waals surface area contributed by atoms with Gasteiger partial charge >= 0.3 is 0 Å². The van der Waals surface area contributed by atoms with Crippen molar-refractivity contribution in [2.75, 3.05) is 27.7 Å². The molecule has 0 atom stereocenters. The average Bonchev–Trinajstić information content (AvgIpc) is 3.03. The second-order valence-electron chi connectivity index (χ2n) is 5.99. The van der Waals surface area contributed by atoms with E-state index in [2.05, 4.69) is 37.7 Å². The van der Waals surface area contributed by atoms with E-state index in [1.807, 2.05) is 33.2 Å². The molecule has 1 aromatic carbocycles. The van der Waals surface area contributed by atoms with Crippen LogP contribution in [0.25, 0.3) is 0 Å². The molecule has 0 fully saturated rings. The van der Waals surface area contributed by atoms with Crippen molar-refractivity contribution in [2.45, 2.75) is 32.7 Å². The Morgan fingerprint density at radius 2 is 2.04 bits per heavy atom. The Kier molecular flexibility index (Phi) is 7.73. The number of hydrogen-bond acceptors (Lipinski definition) is 4. The number of aryl methyl sites for hydroxylation is 2. The van der Waals surface area contributed by atoms with Crippen LogP contribution in [-0.2, 0) is 13.0 Å². The highest BCUT2D eigenvalue weighted by atomic mass is 32.1. The van der Waals surface area contributed by atoms with Crippen LogP contribution in [0.2, 0.25) is 0 Å². The van der Waals surface area contributed by atoms with E-state index in [4.69, 9.17) is 4.74 Å². The molecule has 0 amide bonds. The van der Waals surface area contributed by atoms with Crippen molar-refractivity contribution in [3.63, 3.8) is 0 Å². The zero-order valence-corrected chi connectivity index (χ0v) is 16.4. The lowest BCUT2D eigenvalue weighted by Gasteiger charge is -2.21. The van der Waals surface area contributed by atoms with Crippen LogP contribution < -0.4 is 10.1 Å². The van der Waals surface area contributed by atoms with Crippen molar-refractivity contribution in [3.05, 3.63) is 45.9 Å². The van der Waals surface area contributed by atoms with Gasteiger partial charge in [0.2, 0.25) is 0 Å². The Hall–Kier alpha value is -2.08. The van der Waals surface area contributed by atoms with Crippen LogP contribution in [0.5, 0.6) is 5.75 Å². The van der Waals surface area contributed by atoms with Gasteiger partial charge in [0.25, 0.3) is 0 Å². The van der Waals surface area contributed by atoms with Gasteiger partial charge < -0.3 is 15.0 Å². The van der Waals surface area contributed by atoms with E-state index in [0.717, 1.165) is 54.8 Å². The van der Waals surface area contributed by atoms with Gasteiger partial charge in [0.05, 0.1) is 24.4 Å². The first-order valence-electron chi connectivity index (χ1n) is 8.58. The van der Waals surface area contributed by atoms with Gasteiger partial charge in [0, 0.05) is 26.0 Å². The first-order valence-corrected chi connectivity index (χ1v) is 9.46. The molecule has 1 heterocycles. The Morgan fingerprint density at radius 3 is 2.64 bits per heavy atom. The predicted octanol–water partition coefficient (Wildman–Crippen LogP) is 3.49. The highest BCUT2D eigenvalue weighted by Gasteiger charge is 2.08. The van der Waals surface area contributed by atoms with Gasteiger partial charge in [-0.15, -0.1) is 11.3 Å². The summed E-state index contributed by atoms with van der Waals surface area (Å²) in [5.41, 5.74) is 2.44. The highest BCUT2D eigenvalue weighted by Crippen LogP contribution is 2.13. The van der Waals surface area contributed by atoms with Crippen molar-refractivity contribution < 1.29 is 4.74 Å². The Labute approximate surface area is 154 Å². The molecule has 0 aliphatic carbocycles. The lowest BCUT2D eigenvalue weighted by molar-refractivity contribution is 0.414. The van der Waals surface area contributed by atoms with E-state index >= 15 is 0 Å². The molecule has 25 heavy (non-hydrogen) atoms. The van der Waals surface area contributed by atoms with E-state index in [9.17, 15) is 0 Å². The maximum atomic E-state index is 5.19. The highest BCUT2D eigenvalue weighted by molar-refractivity contribution is 7.09. The molecule has 1 N–H and O–H groups in total. The SMILES string of the molecule is CN=C(NCCCCc1ccc(OC)cc1)N(C)Cc1csc(C)n1. The quantitative estimate of drug-likeness (QED) is 0.445. The summed E-state index contributed by atoms with van der Waals surface area (Å²) in [4.78, 5) is 11.0. The van der Waals surface area contributed by atoms with Gasteiger partial charge in [-0.1, -0.05) is 12.1 Å². The molecule has 5 nitrogen and oxygen atoms in total. The lowest BCUT2D eigenvalue weighted by atomic mass is 10.1. The fourth-order valence-corrected chi connectivity index (χ4v) is 3.23. The molecule has 0 bridgehead atoms. The van der Waals surface area contributed by atoms with Crippen molar-refractivity contribution in [1.82, 2.24) is 15.2 Å². The summed E-state index contributed by atoms with van der Waals surface area (Å²) in [5, 5.41) is 6.64. The summed E-state index contributed by atoms with van der Waals surface area (Å²) in [5.74, 6) is 1.82. The third-order valence-electron chi connectivity index (χ3n) is 3.97. The smallest absolute Gasteiger partial charge is 0.193 e. The zero-order valence-electron chi connectivity index (χ0n) is 15.6. The average molecular weight is 361 g/mol. The molecule has 6 heteroatoms. The largest absolute Gasteiger partial charge is 0.497 e. The van der Waals surface area contributed by atoms with Crippen LogP contribution in [-0.4, -0.2) is 43.6 Å². The third-order valence-corrected chi connectivity index (χ3v) is 4.80. The molecule has 0 unspecified atom stereocenters. The zero-order chi connectivity index (χ0) is 18.1. The van der Waals surface area contributed by atoms with Crippen LogP contribution in [0.1, 0.15) is 29.1 Å². The number of hydrogen-bond donors (Lipinski definition) is 1. The molecule has 0 saturated carbocycles. The van der Waals surface area contributed by atoms with Crippen molar-refractivity contribution >= 4 is 17.3 Å². The van der Waals surface area contributed by atoms with Crippen LogP contribution in [0.4, 0.5) is 0 Å². The number of methoxy groups -OCH3 is 1. The lowest BCUT2D eigenvalue weighted by Crippen LogP contribution is -2.39. The molecule has 0 spiro atoms. The fraction of sp³-hybridized carbons (Fsp3) is 0.474. The summed E-state index contributed by atoms with van der Waals surface area (Å²) in [7, 11) is 5.56. The van der Waals surface area contributed by atoms with Crippen LogP contribution in [0, 0.1) is 6.92 Å². The van der Waals surface area contributed by atoms with E-state index < -0.39 is 0 Å². The minimum Gasteiger partial charge on any atom is -0.497 e. The molecule has 2 aromatic rings. The molecule has 0 saturated heterocycles. The van der Waals surface area contributed by atoms with E-state index in [1.165, 1.54) is 5.56 Å². The van der Waals surface area contributed by atoms with Crippen molar-refractivity contribution in [3.8, 4) is 5.75 Å². The van der Waals surface area contributed by atoms with Gasteiger partial charge in [-0.2, -0.15) is 0 Å². The summed E-state index contributed by atoms with van der Waals surface area (Å²) in [6.07, 6.45) is 3.33. The number of aromatic nitrogens is 1. The van der Waals surface area contributed by atoms with Crippen molar-refractivity contribution in [1.29, 1.82) is 0 Å². The normalized spacial score (nSPS) is 11.4. The van der Waals surface area contributed by atoms with Gasteiger partial charge in [0.15, 0.2) is 5.96 Å². The number of aliphatic imine (C=N–C) groups is 1. The number of nitrogens with one attached hydrogen (secondary N) is 1. The van der Waals surface area contributed by atoms with Crippen LogP contribution in [0.15, 0.2) is 34.6 Å². The molecule has 2 rings (SSSR count). The van der Waals surface area contributed by atoms with E-state index in [1.54, 1.807) is 18.4 Å². The molecule has 0 radical (unpaired) electrons. The van der Waals surface area contributed by atoms with Crippen LogP contribution >= 0.6 is 11.3 Å². The van der Waals surface area contributed by atoms with Crippen molar-refractivity contribution in [2.24, 2.45) is 4.99 Å². The predicted molar refractivity (Wildman–Crippen MR) is 106 cm³/mol. The number of benzene rings is 1. The van der Waals surface area contributed by atoms with Gasteiger partial charge in [-0.25, -0.2) is 4.98 Å². The summed E-state index contributed by atoms with van der Waals surface area (Å²) >= 11 is 1.68. The molecule has 136 valence electrons. The molecule has 1 aromatic heterocycles. The second-order valence-corrected chi connectivity index (χ2v) is 7.06. The number of unbranched alkanes of at least 4 members (excludes halogenated alkanes) is 1. The number of ether oxygens (including phenoxy) is 1. The monoisotopic (exact) mass is 360 g/mol. The third kappa shape index (κ3) is 6.38. The number of guanidine groups is 1. The van der Waals surface area contributed by atoms with Gasteiger partial charge in [0.1, 0.15) is 5.75 Å². The maximum absolute atomic E-state index is 5.19. The Balaban J connectivity index is 1.68. The minimum absolute atomic E-state index is 0.774. The van der Waals surface area contributed by atoms with E-state index in [0.29, 0.717) is 0 Å². The summed E-state index contributed by atoms with van der Waals surface area (Å²) in [6.45, 7) is 3.73. The number of thiazole rings is 1. The summed E-state index contributed by atoms with van der Waals surface area (Å²) in [6, 6.07) is 8.30. The minimum atomic E-state index is 0.774. The topological polar surface area (TPSA) is 49.8 Å². The molecular formula is C19H28N4OS. The first kappa shape index (κ1) is 19.2. The maximum Gasteiger partial charge on any atom is 0.193 e. The molecule has 0 aliphatic heterocycles.